The van der Waals surface area contributed by atoms with E-state index in [1.165, 1.54) is 36.6 Å². The number of nitrogen functional groups attached to an aromatic ring is 3. The van der Waals surface area contributed by atoms with Gasteiger partial charge in [-0.1, -0.05) is 6.07 Å². The summed E-state index contributed by atoms with van der Waals surface area (Å²) in [4.78, 5) is 0. The lowest BCUT2D eigenvalue weighted by Crippen LogP contribution is -2.36. The molecule has 2 saturated carbocycles. The molecular weight excluding hydrogens is 336 g/mol. The molecule has 6 heteroatoms. The molecule has 6 nitrogen and oxygen atoms in total. The molecule has 1 aliphatic heterocycles. The first-order valence-electron chi connectivity index (χ1n) is 9.67. The fourth-order valence-electron chi connectivity index (χ4n) is 6.00. The van der Waals surface area contributed by atoms with Gasteiger partial charge in [0.15, 0.2) is 0 Å². The van der Waals surface area contributed by atoms with E-state index in [4.69, 9.17) is 22.7 Å². The molecule has 0 aromatic heterocycles. The van der Waals surface area contributed by atoms with Crippen LogP contribution in [0.2, 0.25) is 0 Å². The van der Waals surface area contributed by atoms with E-state index in [0.717, 1.165) is 16.9 Å². The minimum Gasteiger partial charge on any atom is -0.398 e. The van der Waals surface area contributed by atoms with Crippen LogP contribution in [-0.2, 0) is 0 Å². The molecule has 1 heterocycles. The Morgan fingerprint density at radius 2 is 1.85 bits per heavy atom. The highest BCUT2D eigenvalue weighted by molar-refractivity contribution is 5.91. The quantitative estimate of drug-likeness (QED) is 0.216. The van der Waals surface area contributed by atoms with Crippen LogP contribution in [0.1, 0.15) is 47.9 Å². The molecule has 2 fully saturated rings. The third-order valence-electron chi connectivity index (χ3n) is 7.07. The molecule has 5 unspecified atom stereocenters. The molecule has 0 spiro atoms. The molecule has 2 aromatic carbocycles. The lowest BCUT2D eigenvalue weighted by atomic mass is 9.67. The van der Waals surface area contributed by atoms with Gasteiger partial charge in [-0.25, -0.2) is 0 Å². The minimum absolute atomic E-state index is 0.215. The van der Waals surface area contributed by atoms with Crippen LogP contribution in [0, 0.1) is 23.2 Å². The van der Waals surface area contributed by atoms with Gasteiger partial charge in [-0.3, -0.25) is 5.84 Å². The molecule has 5 atom stereocenters. The van der Waals surface area contributed by atoms with Crippen LogP contribution in [0.15, 0.2) is 30.3 Å². The molecule has 0 saturated heterocycles. The molecule has 0 amide bonds. The van der Waals surface area contributed by atoms with Gasteiger partial charge in [0, 0.05) is 23.2 Å². The van der Waals surface area contributed by atoms with Gasteiger partial charge in [-0.2, -0.15) is 0 Å². The first kappa shape index (κ1) is 16.4. The van der Waals surface area contributed by atoms with Crippen molar-refractivity contribution in [2.24, 2.45) is 23.6 Å². The average Bonchev–Trinajstić information content (AvgIpc) is 3.30. The van der Waals surface area contributed by atoms with Gasteiger partial charge in [-0.05, 0) is 78.3 Å². The fraction of sp³-hybridized carbons (Fsp3) is 0.381. The van der Waals surface area contributed by atoms with Crippen molar-refractivity contribution in [2.45, 2.75) is 31.2 Å². The highest BCUT2D eigenvalue weighted by Gasteiger charge is 2.54. The maximum absolute atomic E-state index is 7.93. The second-order valence-electron chi connectivity index (χ2n) is 8.22. The van der Waals surface area contributed by atoms with Crippen molar-refractivity contribution in [3.63, 3.8) is 0 Å². The maximum atomic E-state index is 7.93. The number of rotatable bonds is 3. The Labute approximate surface area is 159 Å². The van der Waals surface area contributed by atoms with Crippen molar-refractivity contribution < 1.29 is 0 Å². The van der Waals surface area contributed by atoms with E-state index in [9.17, 15) is 0 Å². The number of nitrogens with two attached hydrogens (primary N) is 3. The summed E-state index contributed by atoms with van der Waals surface area (Å²) < 4.78 is 0. The third kappa shape index (κ3) is 2.26. The summed E-state index contributed by atoms with van der Waals surface area (Å²) in [6, 6.07) is 10.3. The second-order valence-corrected chi connectivity index (χ2v) is 8.22. The molecule has 2 aromatic rings. The number of nitrogens with one attached hydrogen (secondary N) is 3. The Morgan fingerprint density at radius 1 is 1.07 bits per heavy atom. The second kappa shape index (κ2) is 5.89. The van der Waals surface area contributed by atoms with Crippen LogP contribution in [0.25, 0.3) is 0 Å². The molecule has 2 aliphatic carbocycles. The van der Waals surface area contributed by atoms with E-state index in [-0.39, 0.29) is 6.04 Å². The normalized spacial score (nSPS) is 30.3. The molecule has 27 heavy (non-hydrogen) atoms. The first-order chi connectivity index (χ1) is 13.1. The highest BCUT2D eigenvalue weighted by atomic mass is 15.2. The van der Waals surface area contributed by atoms with Crippen molar-refractivity contribution in [1.29, 1.82) is 5.41 Å². The Kier molecular flexibility index (Phi) is 3.59. The number of fused-ring (bicyclic) bond motifs is 7. The molecular formula is C21H26N6. The zero-order valence-corrected chi connectivity index (χ0v) is 15.2. The summed E-state index contributed by atoms with van der Waals surface area (Å²) in [6.07, 6.45) is 5.27. The largest absolute Gasteiger partial charge is 0.398 e. The van der Waals surface area contributed by atoms with Crippen molar-refractivity contribution in [2.75, 3.05) is 22.2 Å². The van der Waals surface area contributed by atoms with Crippen molar-refractivity contribution in [3.8, 4) is 0 Å². The highest BCUT2D eigenvalue weighted by Crippen LogP contribution is 2.64. The number of hydrogen-bond donors (Lipinski definition) is 6. The van der Waals surface area contributed by atoms with Gasteiger partial charge in [0.1, 0.15) is 0 Å². The van der Waals surface area contributed by atoms with Crippen LogP contribution in [0.5, 0.6) is 0 Å². The Bertz CT molecular complexity index is 923. The Balaban J connectivity index is 1.67. The van der Waals surface area contributed by atoms with E-state index >= 15 is 0 Å². The summed E-state index contributed by atoms with van der Waals surface area (Å²) in [5, 5.41) is 11.7. The molecule has 2 bridgehead atoms. The van der Waals surface area contributed by atoms with Gasteiger partial charge in [-0.15, -0.1) is 0 Å². The first-order valence-corrected chi connectivity index (χ1v) is 9.67. The number of hydrogen-bond acceptors (Lipinski definition) is 6. The lowest BCUT2D eigenvalue weighted by molar-refractivity contribution is 0.247. The van der Waals surface area contributed by atoms with E-state index in [0.29, 0.717) is 35.0 Å². The summed E-state index contributed by atoms with van der Waals surface area (Å²) in [6.45, 7) is 0. The topological polar surface area (TPSA) is 126 Å². The Morgan fingerprint density at radius 3 is 2.63 bits per heavy atom. The van der Waals surface area contributed by atoms with Crippen molar-refractivity contribution in [1.82, 2.24) is 0 Å². The van der Waals surface area contributed by atoms with Crippen LogP contribution in [-0.4, -0.2) is 6.21 Å². The SMILES string of the molecule is N=Cc1c(N)ccc2c1C1C3CCC(C3)C1C(c1ccc(N)c(NN)c1)N2. The standard InChI is InChI=1S/C21H26N6/c22-9-13-14(23)5-6-16-20(13)18-10-1-2-11(7-10)19(18)21(26-16)12-3-4-15(24)17(8-12)27-25/h3-6,8-11,18-19,21-22,26-27H,1-2,7,23-25H2. The van der Waals surface area contributed by atoms with Gasteiger partial charge in [0.05, 0.1) is 17.4 Å². The molecule has 9 N–H and O–H groups in total. The Hall–Kier alpha value is -2.73. The van der Waals surface area contributed by atoms with Gasteiger partial charge >= 0.3 is 0 Å². The zero-order chi connectivity index (χ0) is 18.7. The van der Waals surface area contributed by atoms with Crippen LogP contribution < -0.4 is 28.1 Å². The van der Waals surface area contributed by atoms with E-state index in [1.807, 2.05) is 12.1 Å². The van der Waals surface area contributed by atoms with Crippen LogP contribution >= 0.6 is 0 Å². The minimum atomic E-state index is 0.215. The summed E-state index contributed by atoms with van der Waals surface area (Å²) in [5.74, 6) is 8.01. The van der Waals surface area contributed by atoms with E-state index in [2.05, 4.69) is 28.9 Å². The summed E-state index contributed by atoms with van der Waals surface area (Å²) in [5.41, 5.74) is 21.5. The molecule has 5 rings (SSSR count). The average molecular weight is 362 g/mol. The smallest absolute Gasteiger partial charge is 0.0719 e. The van der Waals surface area contributed by atoms with Crippen molar-refractivity contribution in [3.05, 3.63) is 47.0 Å². The lowest BCUT2D eigenvalue weighted by Gasteiger charge is -2.44. The molecule has 3 aliphatic rings. The number of anilines is 4. The van der Waals surface area contributed by atoms with Gasteiger partial charge in [0.25, 0.3) is 0 Å². The molecule has 0 radical (unpaired) electrons. The van der Waals surface area contributed by atoms with Gasteiger partial charge < -0.3 is 27.6 Å². The summed E-state index contributed by atoms with van der Waals surface area (Å²) in [7, 11) is 0. The third-order valence-corrected chi connectivity index (χ3v) is 7.07. The maximum Gasteiger partial charge on any atom is 0.0719 e. The van der Waals surface area contributed by atoms with E-state index < -0.39 is 0 Å². The predicted octanol–water partition coefficient (Wildman–Crippen LogP) is 3.43. The molecule has 140 valence electrons. The zero-order valence-electron chi connectivity index (χ0n) is 15.2. The van der Waals surface area contributed by atoms with Crippen LogP contribution in [0.3, 0.4) is 0 Å². The monoisotopic (exact) mass is 362 g/mol. The van der Waals surface area contributed by atoms with E-state index in [1.54, 1.807) is 0 Å². The van der Waals surface area contributed by atoms with Crippen molar-refractivity contribution >= 4 is 29.0 Å². The number of benzene rings is 2. The predicted molar refractivity (Wildman–Crippen MR) is 111 cm³/mol. The fourth-order valence-corrected chi connectivity index (χ4v) is 6.00. The summed E-state index contributed by atoms with van der Waals surface area (Å²) >= 11 is 0. The number of hydrazine groups is 1. The van der Waals surface area contributed by atoms with Crippen LogP contribution in [0.4, 0.5) is 22.7 Å². The van der Waals surface area contributed by atoms with Gasteiger partial charge in [0.2, 0.25) is 0 Å².